The van der Waals surface area contributed by atoms with Crippen LogP contribution >= 0.6 is 0 Å². The zero-order valence-electron chi connectivity index (χ0n) is 8.36. The van der Waals surface area contributed by atoms with Gasteiger partial charge < -0.3 is 9.67 Å². The van der Waals surface area contributed by atoms with Crippen LogP contribution in [0.4, 0.5) is 13.2 Å². The molecule has 0 spiro atoms. The Morgan fingerprint density at radius 2 is 1.94 bits per heavy atom. The Kier molecular flexibility index (Phi) is 5.27. The molecule has 0 aromatic carbocycles. The highest BCUT2D eigenvalue weighted by Crippen LogP contribution is 2.13. The average Bonchev–Trinajstić information content (AvgIpc) is 2.18. The van der Waals surface area contributed by atoms with E-state index in [0.29, 0.717) is 0 Å². The van der Waals surface area contributed by atoms with Crippen molar-refractivity contribution in [1.29, 1.82) is 0 Å². The second kappa shape index (κ2) is 5.94. The SMILES string of the molecule is CCn1ccccc1=O.O=C(O)C(F)(F)F. The lowest BCUT2D eigenvalue weighted by Gasteiger charge is -1.96. The molecule has 1 N–H and O–H groups in total. The molecular weight excluding hydrogens is 227 g/mol. The molecule has 0 radical (unpaired) electrons. The maximum Gasteiger partial charge on any atom is 0.490 e. The number of aliphatic carboxylic acids is 1. The van der Waals surface area contributed by atoms with E-state index in [9.17, 15) is 18.0 Å². The van der Waals surface area contributed by atoms with Crippen LogP contribution in [-0.4, -0.2) is 21.8 Å². The van der Waals surface area contributed by atoms with Gasteiger partial charge in [-0.3, -0.25) is 4.79 Å². The number of pyridine rings is 1. The van der Waals surface area contributed by atoms with Crippen molar-refractivity contribution in [3.8, 4) is 0 Å². The molecule has 4 nitrogen and oxygen atoms in total. The van der Waals surface area contributed by atoms with Crippen LogP contribution in [-0.2, 0) is 11.3 Å². The number of hydrogen-bond acceptors (Lipinski definition) is 2. The zero-order valence-corrected chi connectivity index (χ0v) is 8.36. The molecule has 0 aliphatic rings. The van der Waals surface area contributed by atoms with E-state index in [2.05, 4.69) is 0 Å². The van der Waals surface area contributed by atoms with Crippen LogP contribution in [0.3, 0.4) is 0 Å². The molecule has 0 aliphatic carbocycles. The molecular formula is C9H10F3NO3. The minimum absolute atomic E-state index is 0.0694. The van der Waals surface area contributed by atoms with E-state index in [-0.39, 0.29) is 5.56 Å². The third kappa shape index (κ3) is 5.18. The number of alkyl halides is 3. The number of carbonyl (C=O) groups is 1. The van der Waals surface area contributed by atoms with E-state index in [0.717, 1.165) is 6.54 Å². The number of carboxylic acid groups (broad SMARTS) is 1. The molecule has 1 heterocycles. The van der Waals surface area contributed by atoms with Gasteiger partial charge in [0.1, 0.15) is 0 Å². The van der Waals surface area contributed by atoms with Gasteiger partial charge in [-0.2, -0.15) is 13.2 Å². The molecule has 0 saturated heterocycles. The Bertz CT molecular complexity index is 397. The standard InChI is InChI=1S/C7H9NO.C2HF3O2/c1-2-8-6-4-3-5-7(8)9;3-2(4,5)1(6)7/h3-6H,2H2,1H3;(H,6,7). The van der Waals surface area contributed by atoms with E-state index >= 15 is 0 Å². The van der Waals surface area contributed by atoms with E-state index < -0.39 is 12.1 Å². The number of halogens is 3. The van der Waals surface area contributed by atoms with E-state index in [1.165, 1.54) is 0 Å². The van der Waals surface area contributed by atoms with Gasteiger partial charge in [-0.15, -0.1) is 0 Å². The molecule has 0 fully saturated rings. The second-order valence-corrected chi connectivity index (χ2v) is 2.63. The number of aryl methyl sites for hydroxylation is 1. The lowest BCUT2D eigenvalue weighted by atomic mass is 10.5. The Morgan fingerprint density at radius 3 is 2.19 bits per heavy atom. The number of carboxylic acids is 1. The summed E-state index contributed by atoms with van der Waals surface area (Å²) in [6.07, 6.45) is -3.30. The highest BCUT2D eigenvalue weighted by Gasteiger charge is 2.38. The van der Waals surface area contributed by atoms with Crippen LogP contribution in [0.1, 0.15) is 6.92 Å². The summed E-state index contributed by atoms with van der Waals surface area (Å²) >= 11 is 0. The monoisotopic (exact) mass is 237 g/mol. The minimum Gasteiger partial charge on any atom is -0.475 e. The van der Waals surface area contributed by atoms with Crippen molar-refractivity contribution < 1.29 is 23.1 Å². The third-order valence-corrected chi connectivity index (χ3v) is 1.48. The number of nitrogens with zero attached hydrogens (tertiary/aromatic N) is 1. The number of aromatic nitrogens is 1. The van der Waals surface area contributed by atoms with Crippen LogP contribution in [0.15, 0.2) is 29.2 Å². The van der Waals surface area contributed by atoms with Crippen molar-refractivity contribution in [3.05, 3.63) is 34.7 Å². The summed E-state index contributed by atoms with van der Waals surface area (Å²) in [6.45, 7) is 2.70. The Labute approximate surface area is 88.9 Å². The van der Waals surface area contributed by atoms with Gasteiger partial charge in [0.2, 0.25) is 5.56 Å². The predicted octanol–water partition coefficient (Wildman–Crippen LogP) is 1.50. The molecule has 90 valence electrons. The fourth-order valence-corrected chi connectivity index (χ4v) is 0.722. The van der Waals surface area contributed by atoms with Gasteiger partial charge in [0, 0.05) is 18.8 Å². The lowest BCUT2D eigenvalue weighted by Crippen LogP contribution is -2.21. The largest absolute Gasteiger partial charge is 0.490 e. The molecule has 0 saturated carbocycles. The molecule has 1 aromatic heterocycles. The molecule has 0 aliphatic heterocycles. The maximum absolute atomic E-state index is 10.8. The van der Waals surface area contributed by atoms with Crippen LogP contribution < -0.4 is 5.56 Å². The molecule has 0 amide bonds. The van der Waals surface area contributed by atoms with Crippen LogP contribution in [0, 0.1) is 0 Å². The van der Waals surface area contributed by atoms with Gasteiger partial charge in [-0.1, -0.05) is 6.07 Å². The first-order valence-electron chi connectivity index (χ1n) is 4.24. The van der Waals surface area contributed by atoms with Gasteiger partial charge in [-0.05, 0) is 13.0 Å². The smallest absolute Gasteiger partial charge is 0.475 e. The Hall–Kier alpha value is -1.79. The summed E-state index contributed by atoms with van der Waals surface area (Å²) in [5, 5.41) is 7.12. The Morgan fingerprint density at radius 1 is 1.44 bits per heavy atom. The fraction of sp³-hybridized carbons (Fsp3) is 0.333. The lowest BCUT2D eigenvalue weighted by molar-refractivity contribution is -0.192. The molecule has 7 heteroatoms. The molecule has 1 aromatic rings. The van der Waals surface area contributed by atoms with Crippen molar-refractivity contribution in [2.45, 2.75) is 19.6 Å². The van der Waals surface area contributed by atoms with Crippen LogP contribution in [0.5, 0.6) is 0 Å². The first kappa shape index (κ1) is 14.2. The summed E-state index contributed by atoms with van der Waals surface area (Å²) in [4.78, 5) is 19.7. The normalized spacial score (nSPS) is 10.2. The minimum atomic E-state index is -5.08. The molecule has 16 heavy (non-hydrogen) atoms. The third-order valence-electron chi connectivity index (χ3n) is 1.48. The van der Waals surface area contributed by atoms with Crippen molar-refractivity contribution in [1.82, 2.24) is 4.57 Å². The zero-order chi connectivity index (χ0) is 12.8. The quantitative estimate of drug-likeness (QED) is 0.805. The fourth-order valence-electron chi connectivity index (χ4n) is 0.722. The van der Waals surface area contributed by atoms with Crippen molar-refractivity contribution in [3.63, 3.8) is 0 Å². The predicted molar refractivity (Wildman–Crippen MR) is 50.1 cm³/mol. The van der Waals surface area contributed by atoms with E-state index in [1.54, 1.807) is 22.9 Å². The molecule has 0 bridgehead atoms. The summed E-state index contributed by atoms with van der Waals surface area (Å²) in [5.41, 5.74) is 0.0694. The summed E-state index contributed by atoms with van der Waals surface area (Å²) in [5.74, 6) is -2.76. The number of hydrogen-bond donors (Lipinski definition) is 1. The van der Waals surface area contributed by atoms with E-state index in [1.807, 2.05) is 13.0 Å². The average molecular weight is 237 g/mol. The summed E-state index contributed by atoms with van der Waals surface area (Å²) in [7, 11) is 0. The summed E-state index contributed by atoms with van der Waals surface area (Å²) < 4.78 is 33.4. The highest BCUT2D eigenvalue weighted by atomic mass is 19.4. The molecule has 1 rings (SSSR count). The van der Waals surface area contributed by atoms with Gasteiger partial charge in [0.25, 0.3) is 0 Å². The van der Waals surface area contributed by atoms with E-state index in [4.69, 9.17) is 9.90 Å². The van der Waals surface area contributed by atoms with Crippen molar-refractivity contribution in [2.24, 2.45) is 0 Å². The maximum atomic E-state index is 10.8. The second-order valence-electron chi connectivity index (χ2n) is 2.63. The first-order chi connectivity index (χ1) is 7.29. The van der Waals surface area contributed by atoms with Crippen molar-refractivity contribution >= 4 is 5.97 Å². The molecule has 0 unspecified atom stereocenters. The summed E-state index contributed by atoms with van der Waals surface area (Å²) in [6, 6.07) is 5.16. The Balaban J connectivity index is 0.000000293. The number of rotatable bonds is 1. The van der Waals surface area contributed by atoms with Crippen LogP contribution in [0.25, 0.3) is 0 Å². The van der Waals surface area contributed by atoms with Crippen LogP contribution in [0.2, 0.25) is 0 Å². The topological polar surface area (TPSA) is 59.3 Å². The van der Waals surface area contributed by atoms with Gasteiger partial charge in [0.15, 0.2) is 0 Å². The van der Waals surface area contributed by atoms with Gasteiger partial charge in [-0.25, -0.2) is 4.79 Å². The highest BCUT2D eigenvalue weighted by molar-refractivity contribution is 5.73. The van der Waals surface area contributed by atoms with Gasteiger partial charge in [0.05, 0.1) is 0 Å². The van der Waals surface area contributed by atoms with Gasteiger partial charge >= 0.3 is 12.1 Å². The van der Waals surface area contributed by atoms with Crippen molar-refractivity contribution in [2.75, 3.05) is 0 Å². The first-order valence-corrected chi connectivity index (χ1v) is 4.24. The molecule has 0 atom stereocenters.